The highest BCUT2D eigenvalue weighted by atomic mass is 16.2. The van der Waals surface area contributed by atoms with Gasteiger partial charge in [-0.2, -0.15) is 0 Å². The van der Waals surface area contributed by atoms with Crippen LogP contribution in [0.5, 0.6) is 0 Å². The largest absolute Gasteiger partial charge is 0.347 e. The summed E-state index contributed by atoms with van der Waals surface area (Å²) in [7, 11) is 3.37. The summed E-state index contributed by atoms with van der Waals surface area (Å²) in [6.07, 6.45) is 3.80. The summed E-state index contributed by atoms with van der Waals surface area (Å²) in [4.78, 5) is 24.5. The number of hydrogen-bond acceptors (Lipinski definition) is 2. The third kappa shape index (κ3) is 5.73. The zero-order valence-corrected chi connectivity index (χ0v) is 10.9. The van der Waals surface area contributed by atoms with Gasteiger partial charge in [0.15, 0.2) is 0 Å². The normalized spacial score (nSPS) is 10.3. The number of likely N-dealkylation sites (N-methyl/N-ethyl adjacent to an activating group) is 1. The van der Waals surface area contributed by atoms with Crippen molar-refractivity contribution in [3.05, 3.63) is 0 Å². The van der Waals surface area contributed by atoms with Crippen molar-refractivity contribution in [1.29, 1.82) is 0 Å². The zero-order chi connectivity index (χ0) is 12.6. The Hall–Kier alpha value is -1.06. The fraction of sp³-hybridized carbons (Fsp3) is 0.833. The van der Waals surface area contributed by atoms with Gasteiger partial charge in [-0.25, -0.2) is 0 Å². The molecule has 4 nitrogen and oxygen atoms in total. The molecule has 0 saturated heterocycles. The molecule has 0 rings (SSSR count). The zero-order valence-electron chi connectivity index (χ0n) is 10.9. The summed E-state index contributed by atoms with van der Waals surface area (Å²) < 4.78 is 0. The van der Waals surface area contributed by atoms with Crippen LogP contribution in [0.3, 0.4) is 0 Å². The number of carbonyl (C=O) groups is 2. The first-order valence-corrected chi connectivity index (χ1v) is 6.00. The van der Waals surface area contributed by atoms with Gasteiger partial charge in [-0.15, -0.1) is 0 Å². The van der Waals surface area contributed by atoms with E-state index < -0.39 is 0 Å². The molecule has 0 aromatic rings. The molecule has 16 heavy (non-hydrogen) atoms. The van der Waals surface area contributed by atoms with Crippen LogP contribution in [-0.4, -0.2) is 37.4 Å². The highest BCUT2D eigenvalue weighted by molar-refractivity contribution is 5.85. The maximum atomic E-state index is 11.8. The van der Waals surface area contributed by atoms with Gasteiger partial charge in [-0.1, -0.05) is 26.7 Å². The second-order valence-electron chi connectivity index (χ2n) is 4.28. The fourth-order valence-electron chi connectivity index (χ4n) is 1.57. The fourth-order valence-corrected chi connectivity index (χ4v) is 1.57. The van der Waals surface area contributed by atoms with E-state index in [1.54, 1.807) is 14.1 Å². The van der Waals surface area contributed by atoms with Crippen molar-refractivity contribution in [1.82, 2.24) is 10.2 Å². The maximum Gasteiger partial charge on any atom is 0.241 e. The Kier molecular flexibility index (Phi) is 7.60. The van der Waals surface area contributed by atoms with Gasteiger partial charge in [0, 0.05) is 20.0 Å². The predicted molar refractivity (Wildman–Crippen MR) is 65.0 cm³/mol. The Morgan fingerprint density at radius 1 is 1.12 bits per heavy atom. The molecule has 2 amide bonds. The lowest BCUT2D eigenvalue weighted by Crippen LogP contribution is -2.39. The summed E-state index contributed by atoms with van der Waals surface area (Å²) in [5, 5.41) is 2.70. The molecular formula is C12H24N2O2. The van der Waals surface area contributed by atoms with E-state index in [9.17, 15) is 9.59 Å². The van der Waals surface area contributed by atoms with Crippen molar-refractivity contribution in [2.75, 3.05) is 20.6 Å². The van der Waals surface area contributed by atoms with Gasteiger partial charge in [-0.05, 0) is 12.8 Å². The van der Waals surface area contributed by atoms with Crippen LogP contribution in [0.15, 0.2) is 0 Å². The van der Waals surface area contributed by atoms with Gasteiger partial charge >= 0.3 is 0 Å². The number of hydrogen-bond donors (Lipinski definition) is 1. The van der Waals surface area contributed by atoms with Gasteiger partial charge in [-0.3, -0.25) is 9.59 Å². The molecule has 0 aliphatic carbocycles. The number of carbonyl (C=O) groups excluding carboxylic acids is 2. The lowest BCUT2D eigenvalue weighted by molar-refractivity contribution is -0.132. The van der Waals surface area contributed by atoms with Crippen molar-refractivity contribution in [3.63, 3.8) is 0 Å². The average Bonchev–Trinajstić information content (AvgIpc) is 2.24. The van der Waals surface area contributed by atoms with Gasteiger partial charge < -0.3 is 10.2 Å². The third-order valence-corrected chi connectivity index (χ3v) is 2.56. The van der Waals surface area contributed by atoms with Crippen LogP contribution in [0, 0.1) is 5.92 Å². The topological polar surface area (TPSA) is 49.4 Å². The summed E-state index contributed by atoms with van der Waals surface area (Å²) in [6.45, 7) is 4.25. The molecule has 0 saturated carbocycles. The Balaban J connectivity index is 4.04. The summed E-state index contributed by atoms with van der Waals surface area (Å²) >= 11 is 0. The molecule has 0 spiro atoms. The highest BCUT2D eigenvalue weighted by Gasteiger charge is 2.17. The highest BCUT2D eigenvalue weighted by Crippen LogP contribution is 2.13. The molecule has 0 bridgehead atoms. The number of nitrogens with one attached hydrogen (secondary N) is 1. The van der Waals surface area contributed by atoms with E-state index in [1.165, 1.54) is 4.90 Å². The summed E-state index contributed by atoms with van der Waals surface area (Å²) in [6, 6.07) is 0. The molecule has 0 radical (unpaired) electrons. The third-order valence-electron chi connectivity index (χ3n) is 2.56. The Bertz CT molecular complexity index is 221. The van der Waals surface area contributed by atoms with Crippen LogP contribution in [0.2, 0.25) is 0 Å². The lowest BCUT2D eigenvalue weighted by Gasteiger charge is -2.16. The first-order chi connectivity index (χ1) is 7.52. The van der Waals surface area contributed by atoms with Crippen LogP contribution in [0.1, 0.15) is 39.5 Å². The van der Waals surface area contributed by atoms with Crippen LogP contribution < -0.4 is 5.32 Å². The van der Waals surface area contributed by atoms with E-state index in [0.717, 1.165) is 25.7 Å². The van der Waals surface area contributed by atoms with Gasteiger partial charge in [0.05, 0.1) is 6.54 Å². The SMILES string of the molecule is CCCC(CCC)C(=O)NCC(=O)N(C)C. The minimum absolute atomic E-state index is 0.0129. The standard InChI is InChI=1S/C12H24N2O2/c1-5-7-10(8-6-2)12(16)13-9-11(15)14(3)4/h10H,5-9H2,1-4H3,(H,13,16). The first-order valence-electron chi connectivity index (χ1n) is 6.00. The average molecular weight is 228 g/mol. The van der Waals surface area contributed by atoms with Crippen LogP contribution in [0.25, 0.3) is 0 Å². The van der Waals surface area contributed by atoms with Gasteiger partial charge in [0.25, 0.3) is 0 Å². The van der Waals surface area contributed by atoms with Crippen molar-refractivity contribution in [2.45, 2.75) is 39.5 Å². The van der Waals surface area contributed by atoms with Gasteiger partial charge in [0.1, 0.15) is 0 Å². The van der Waals surface area contributed by atoms with Gasteiger partial charge in [0.2, 0.25) is 11.8 Å². The Morgan fingerprint density at radius 3 is 2.00 bits per heavy atom. The lowest BCUT2D eigenvalue weighted by atomic mass is 9.97. The Morgan fingerprint density at radius 2 is 1.62 bits per heavy atom. The van der Waals surface area contributed by atoms with Crippen LogP contribution in [0.4, 0.5) is 0 Å². The molecule has 0 aliphatic heterocycles. The number of amides is 2. The molecule has 0 aromatic carbocycles. The molecule has 0 fully saturated rings. The quantitative estimate of drug-likeness (QED) is 0.716. The number of nitrogens with zero attached hydrogens (tertiary/aromatic N) is 1. The first kappa shape index (κ1) is 14.9. The minimum Gasteiger partial charge on any atom is -0.347 e. The molecule has 94 valence electrons. The molecule has 4 heteroatoms. The Labute approximate surface area is 98.4 Å². The molecule has 1 N–H and O–H groups in total. The van der Waals surface area contributed by atoms with E-state index in [0.29, 0.717) is 0 Å². The smallest absolute Gasteiger partial charge is 0.241 e. The second kappa shape index (κ2) is 8.13. The van der Waals surface area contributed by atoms with Crippen molar-refractivity contribution in [3.8, 4) is 0 Å². The minimum atomic E-state index is -0.0694. The maximum absolute atomic E-state index is 11.8. The molecule has 0 aliphatic rings. The summed E-state index contributed by atoms with van der Waals surface area (Å²) in [5.74, 6) is 0.00367. The summed E-state index contributed by atoms with van der Waals surface area (Å²) in [5.41, 5.74) is 0. The van der Waals surface area contributed by atoms with E-state index in [1.807, 2.05) is 0 Å². The van der Waals surface area contributed by atoms with E-state index >= 15 is 0 Å². The van der Waals surface area contributed by atoms with E-state index in [2.05, 4.69) is 19.2 Å². The van der Waals surface area contributed by atoms with Crippen molar-refractivity contribution < 1.29 is 9.59 Å². The molecule has 0 aromatic heterocycles. The van der Waals surface area contributed by atoms with Crippen molar-refractivity contribution in [2.24, 2.45) is 5.92 Å². The monoisotopic (exact) mass is 228 g/mol. The molecule has 0 unspecified atom stereocenters. The van der Waals surface area contributed by atoms with E-state index in [-0.39, 0.29) is 24.3 Å². The second-order valence-corrected chi connectivity index (χ2v) is 4.28. The molecule has 0 heterocycles. The van der Waals surface area contributed by atoms with E-state index in [4.69, 9.17) is 0 Å². The van der Waals surface area contributed by atoms with Crippen LogP contribution in [-0.2, 0) is 9.59 Å². The molecule has 0 atom stereocenters. The molecular weight excluding hydrogens is 204 g/mol. The number of rotatable bonds is 7. The van der Waals surface area contributed by atoms with Crippen molar-refractivity contribution >= 4 is 11.8 Å². The van der Waals surface area contributed by atoms with Crippen LogP contribution >= 0.6 is 0 Å². The predicted octanol–water partition coefficient (Wildman–Crippen LogP) is 1.41.